The number of ether oxygens (including phenoxy) is 2. The van der Waals surface area contributed by atoms with Gasteiger partial charge < -0.3 is 9.47 Å². The second-order valence-corrected chi connectivity index (χ2v) is 8.61. The van der Waals surface area contributed by atoms with Gasteiger partial charge >= 0.3 is 12.1 Å². The third-order valence-electron chi connectivity index (χ3n) is 3.91. The van der Waals surface area contributed by atoms with Crippen molar-refractivity contribution in [2.45, 2.75) is 56.7 Å². The molecule has 2 rings (SSSR count). The Hall–Kier alpha value is -2.13. The van der Waals surface area contributed by atoms with E-state index in [0.717, 1.165) is 10.5 Å². The number of rotatable bonds is 4. The quantitative estimate of drug-likeness (QED) is 0.564. The summed E-state index contributed by atoms with van der Waals surface area (Å²) in [6.45, 7) is 4.64. The summed E-state index contributed by atoms with van der Waals surface area (Å²) in [5.74, 6) is -0.695. The molecular formula is C18H25NO7S. The summed E-state index contributed by atoms with van der Waals surface area (Å²) in [5.41, 5.74) is -0.151. The molecule has 1 aliphatic heterocycles. The molecule has 0 saturated carbocycles. The zero-order chi connectivity index (χ0) is 21.1. The lowest BCUT2D eigenvalue weighted by Gasteiger charge is -2.27. The summed E-state index contributed by atoms with van der Waals surface area (Å²) in [7, 11) is -2.89. The molecule has 0 bridgehead atoms. The molecule has 27 heavy (non-hydrogen) atoms. The van der Waals surface area contributed by atoms with Crippen LogP contribution < -0.4 is 0 Å². The summed E-state index contributed by atoms with van der Waals surface area (Å²) in [5, 5.41) is 0. The van der Waals surface area contributed by atoms with E-state index in [2.05, 4.69) is 0 Å². The predicted molar refractivity (Wildman–Crippen MR) is 96.6 cm³/mol. The number of hydrogen-bond acceptors (Lipinski definition) is 7. The second kappa shape index (κ2) is 7.85. The molecule has 9 heteroatoms. The van der Waals surface area contributed by atoms with E-state index in [1.807, 2.05) is 6.92 Å². The van der Waals surface area contributed by atoms with Gasteiger partial charge in [0.2, 0.25) is 0 Å². The molecule has 150 valence electrons. The highest BCUT2D eigenvalue weighted by Gasteiger charge is 2.44. The van der Waals surface area contributed by atoms with E-state index in [0.29, 0.717) is 0 Å². The van der Waals surface area contributed by atoms with Crippen LogP contribution in [0.25, 0.3) is 0 Å². The van der Waals surface area contributed by atoms with Gasteiger partial charge in [0.05, 0.1) is 24.7 Å². The van der Waals surface area contributed by atoms with Crippen LogP contribution in [-0.2, 0) is 28.6 Å². The minimum absolute atomic E-state index is 0.0101. The molecule has 8 nitrogen and oxygen atoms in total. The minimum Gasteiger partial charge on any atom is -0.467 e. The van der Waals surface area contributed by atoms with Crippen LogP contribution in [0.1, 0.15) is 34.1 Å². The number of hydrogen-bond donors (Lipinski definition) is 0. The molecule has 2 atom stereocenters. The average Bonchev–Trinajstić information content (AvgIpc) is 3.04. The van der Waals surface area contributed by atoms with Gasteiger partial charge in [-0.25, -0.2) is 9.59 Å². The third kappa shape index (κ3) is 5.43. The van der Waals surface area contributed by atoms with Gasteiger partial charge in [0.25, 0.3) is 10.1 Å². The molecule has 0 radical (unpaired) electrons. The third-order valence-corrected chi connectivity index (χ3v) is 5.28. The van der Waals surface area contributed by atoms with Gasteiger partial charge in [0.15, 0.2) is 0 Å². The number of nitrogens with zero attached hydrogens (tertiary/aromatic N) is 1. The molecule has 0 aliphatic carbocycles. The summed E-state index contributed by atoms with van der Waals surface area (Å²) in [6, 6.07) is 5.13. The molecule has 1 aromatic carbocycles. The molecule has 1 heterocycles. The van der Waals surface area contributed by atoms with Crippen LogP contribution in [0.2, 0.25) is 0 Å². The number of benzene rings is 1. The fraction of sp³-hybridized carbons (Fsp3) is 0.556. The van der Waals surface area contributed by atoms with Crippen molar-refractivity contribution >= 4 is 22.2 Å². The average molecular weight is 400 g/mol. The second-order valence-electron chi connectivity index (χ2n) is 7.04. The maximum atomic E-state index is 12.5. The molecule has 1 saturated heterocycles. The predicted octanol–water partition coefficient (Wildman–Crippen LogP) is 2.25. The first-order valence-electron chi connectivity index (χ1n) is 9.06. The molecule has 1 fully saturated rings. The zero-order valence-electron chi connectivity index (χ0n) is 16.8. The van der Waals surface area contributed by atoms with Crippen molar-refractivity contribution < 1.29 is 33.0 Å². The Labute approximate surface area is 160 Å². The van der Waals surface area contributed by atoms with Gasteiger partial charge in [0.1, 0.15) is 11.6 Å². The molecular weight excluding hydrogens is 374 g/mol. The number of methoxy groups -OCH3 is 1. The lowest BCUT2D eigenvalue weighted by Crippen LogP contribution is -2.44. The fourth-order valence-corrected chi connectivity index (χ4v) is 3.74. The van der Waals surface area contributed by atoms with Crippen molar-refractivity contribution in [1.82, 2.24) is 4.90 Å². The van der Waals surface area contributed by atoms with Gasteiger partial charge in [-0.15, -0.1) is 0 Å². The van der Waals surface area contributed by atoms with Crippen molar-refractivity contribution in [3.8, 4) is 0 Å². The Bertz CT molecular complexity index is 823. The first-order chi connectivity index (χ1) is 13.0. The Balaban J connectivity index is 2.18. The highest BCUT2D eigenvalue weighted by Crippen LogP contribution is 2.27. The van der Waals surface area contributed by atoms with Crippen molar-refractivity contribution in [3.63, 3.8) is 0 Å². The van der Waals surface area contributed by atoms with Gasteiger partial charge in [-0.3, -0.25) is 9.08 Å². The van der Waals surface area contributed by atoms with Gasteiger partial charge in [-0.2, -0.15) is 8.42 Å². The number of esters is 1. The molecule has 0 aromatic heterocycles. The molecule has 1 aromatic rings. The number of carbonyl (C=O) groups is 2. The molecule has 0 spiro atoms. The Morgan fingerprint density at radius 2 is 1.89 bits per heavy atom. The van der Waals surface area contributed by atoms with E-state index in [1.54, 1.807) is 26.0 Å². The van der Waals surface area contributed by atoms with Gasteiger partial charge in [-0.05, 0) is 39.8 Å². The van der Waals surface area contributed by atoms with Gasteiger partial charge in [-0.1, -0.05) is 17.7 Å². The zero-order valence-corrected chi connectivity index (χ0v) is 16.6. The molecule has 0 unspecified atom stereocenters. The highest BCUT2D eigenvalue weighted by molar-refractivity contribution is 7.86. The summed E-state index contributed by atoms with van der Waals surface area (Å²) in [4.78, 5) is 25.6. The van der Waals surface area contributed by atoms with Crippen LogP contribution in [0.3, 0.4) is 0 Å². The summed E-state index contributed by atoms with van der Waals surface area (Å²) < 4.78 is 47.7. The van der Waals surface area contributed by atoms with Crippen LogP contribution in [0.15, 0.2) is 29.2 Å². The van der Waals surface area contributed by atoms with E-state index < -0.39 is 39.9 Å². The van der Waals surface area contributed by atoms with Crippen LogP contribution in [0, 0.1) is 6.92 Å². The van der Waals surface area contributed by atoms with E-state index in [-0.39, 0.29) is 24.8 Å². The molecule has 1 aliphatic rings. The van der Waals surface area contributed by atoms with Crippen LogP contribution in [0.4, 0.5) is 4.79 Å². The van der Waals surface area contributed by atoms with Crippen LogP contribution >= 0.6 is 0 Å². The van der Waals surface area contributed by atoms with Crippen molar-refractivity contribution in [2.24, 2.45) is 0 Å². The van der Waals surface area contributed by atoms with E-state index in [4.69, 9.17) is 15.0 Å². The number of aryl methyl sites for hydroxylation is 1. The first kappa shape index (κ1) is 19.6. The Morgan fingerprint density at radius 1 is 1.26 bits per heavy atom. The maximum absolute atomic E-state index is 12.5. The van der Waals surface area contributed by atoms with E-state index >= 15 is 0 Å². The minimum atomic E-state index is -4.07. The van der Waals surface area contributed by atoms with Gasteiger partial charge in [0, 0.05) is 7.79 Å². The molecule has 1 amide bonds. The largest absolute Gasteiger partial charge is 0.467 e. The topological polar surface area (TPSA) is 99.2 Å². The monoisotopic (exact) mass is 400 g/mol. The van der Waals surface area contributed by atoms with Crippen molar-refractivity contribution in [2.75, 3.05) is 13.7 Å². The summed E-state index contributed by atoms with van der Waals surface area (Å²) in [6.07, 6.45) is -1.80. The highest BCUT2D eigenvalue weighted by atomic mass is 32.2. The SMILES string of the molecule is [2H]CC(C)(C)OC(=O)N1C[C@@H](OS(=O)(=O)c2ccc(C)cc2)C[C@H]1C(=O)OC. The lowest BCUT2D eigenvalue weighted by atomic mass is 10.2. The Morgan fingerprint density at radius 3 is 2.44 bits per heavy atom. The first-order valence-corrected chi connectivity index (χ1v) is 9.76. The van der Waals surface area contributed by atoms with Crippen LogP contribution in [-0.4, -0.2) is 56.8 Å². The lowest BCUT2D eigenvalue weighted by molar-refractivity contribution is -0.145. The van der Waals surface area contributed by atoms with E-state index in [1.165, 1.54) is 19.2 Å². The van der Waals surface area contributed by atoms with E-state index in [9.17, 15) is 18.0 Å². The van der Waals surface area contributed by atoms with Crippen molar-refractivity contribution in [1.29, 1.82) is 0 Å². The normalized spacial score (nSPS) is 20.9. The fourth-order valence-electron chi connectivity index (χ4n) is 2.66. The smallest absolute Gasteiger partial charge is 0.411 e. The number of carbonyl (C=O) groups excluding carboxylic acids is 2. The van der Waals surface area contributed by atoms with Crippen LogP contribution in [0.5, 0.6) is 0 Å². The number of amides is 1. The number of likely N-dealkylation sites (tertiary alicyclic amines) is 1. The maximum Gasteiger partial charge on any atom is 0.411 e. The summed E-state index contributed by atoms with van der Waals surface area (Å²) >= 11 is 0. The Kier molecular flexibility index (Phi) is 5.71. The van der Waals surface area contributed by atoms with Crippen molar-refractivity contribution in [3.05, 3.63) is 29.8 Å². The molecule has 0 N–H and O–H groups in total. The standard InChI is InChI=1S/C18H25NO7S/c1-12-6-8-14(9-7-12)27(22,23)26-13-10-15(16(20)24-5)19(11-13)17(21)25-18(2,3)4/h6-9,13,15H,10-11H2,1-5H3/t13-,15-/m0/s1/i2D.